The van der Waals surface area contributed by atoms with Gasteiger partial charge in [0.2, 0.25) is 5.95 Å². The van der Waals surface area contributed by atoms with E-state index in [2.05, 4.69) is 15.3 Å². The highest BCUT2D eigenvalue weighted by atomic mass is 16.5. The number of ether oxygens (including phenoxy) is 2. The normalized spacial score (nSPS) is 10.9. The van der Waals surface area contributed by atoms with Gasteiger partial charge >= 0.3 is 5.97 Å². The number of aryl methyl sites for hydroxylation is 1. The van der Waals surface area contributed by atoms with E-state index in [0.717, 1.165) is 22.5 Å². The maximum Gasteiger partial charge on any atom is 0.338 e. The van der Waals surface area contributed by atoms with Crippen LogP contribution >= 0.6 is 0 Å². The number of benzene rings is 2. The molecule has 6 nitrogen and oxygen atoms in total. The number of H-pyrrole nitrogens is 1. The van der Waals surface area contributed by atoms with Crippen LogP contribution < -0.4 is 10.1 Å². The third kappa shape index (κ3) is 3.74. The number of anilines is 2. The van der Waals surface area contributed by atoms with Crippen LogP contribution in [-0.2, 0) is 4.74 Å². The molecule has 0 atom stereocenters. The molecule has 0 aliphatic heterocycles. The second-order valence-electron chi connectivity index (χ2n) is 6.08. The Kier molecular flexibility index (Phi) is 4.61. The number of nitrogens with one attached hydrogen (secondary N) is 2. The summed E-state index contributed by atoms with van der Waals surface area (Å²) in [5.74, 6) is 1.06. The van der Waals surface area contributed by atoms with Gasteiger partial charge in [0.1, 0.15) is 5.75 Å². The van der Waals surface area contributed by atoms with E-state index in [1.807, 2.05) is 51.1 Å². The first kappa shape index (κ1) is 16.8. The number of nitrogens with zero attached hydrogens (tertiary/aromatic N) is 1. The van der Waals surface area contributed by atoms with Gasteiger partial charge in [-0.05, 0) is 62.7 Å². The number of fused-ring (bicyclic) bond motifs is 1. The van der Waals surface area contributed by atoms with Crippen LogP contribution in [-0.4, -0.2) is 29.2 Å². The predicted molar refractivity (Wildman–Crippen MR) is 97.7 cm³/mol. The van der Waals surface area contributed by atoms with Gasteiger partial charge < -0.3 is 19.8 Å². The molecular formula is C19H21N3O3. The Labute approximate surface area is 146 Å². The minimum absolute atomic E-state index is 0.140. The summed E-state index contributed by atoms with van der Waals surface area (Å²) in [6.45, 7) is 5.85. The average Bonchev–Trinajstić information content (AvgIpc) is 2.95. The minimum Gasteiger partial charge on any atom is -0.491 e. The standard InChI is InChI=1S/C19H21N3O3/c1-11(2)25-14-7-5-13(6-8-14)20-19-21-16-9-12(3)15(18(23)24-4)10-17(16)22-19/h5-11H,1-4H3,(H2,20,21,22). The van der Waals surface area contributed by atoms with Crippen LogP contribution in [0.3, 0.4) is 0 Å². The number of hydrogen-bond acceptors (Lipinski definition) is 5. The van der Waals surface area contributed by atoms with Crippen molar-refractivity contribution < 1.29 is 14.3 Å². The van der Waals surface area contributed by atoms with E-state index in [4.69, 9.17) is 9.47 Å². The van der Waals surface area contributed by atoms with Crippen LogP contribution in [0.5, 0.6) is 5.75 Å². The lowest BCUT2D eigenvalue weighted by atomic mass is 10.1. The largest absolute Gasteiger partial charge is 0.491 e. The zero-order valence-corrected chi connectivity index (χ0v) is 14.7. The van der Waals surface area contributed by atoms with E-state index in [1.54, 1.807) is 6.07 Å². The Balaban J connectivity index is 1.83. The van der Waals surface area contributed by atoms with Crippen LogP contribution in [0.25, 0.3) is 11.0 Å². The van der Waals surface area contributed by atoms with Gasteiger partial charge in [0.05, 0.1) is 29.8 Å². The first-order chi connectivity index (χ1) is 12.0. The summed E-state index contributed by atoms with van der Waals surface area (Å²) in [5.41, 5.74) is 3.80. The third-order valence-electron chi connectivity index (χ3n) is 3.72. The van der Waals surface area contributed by atoms with Crippen molar-refractivity contribution in [2.75, 3.05) is 12.4 Å². The first-order valence-electron chi connectivity index (χ1n) is 8.08. The molecule has 1 aromatic heterocycles. The van der Waals surface area contributed by atoms with E-state index in [9.17, 15) is 4.79 Å². The molecule has 2 N–H and O–H groups in total. The molecule has 0 aliphatic rings. The molecule has 3 aromatic rings. The number of rotatable bonds is 5. The Morgan fingerprint density at radius 2 is 1.92 bits per heavy atom. The fourth-order valence-corrected chi connectivity index (χ4v) is 2.58. The molecule has 0 bridgehead atoms. The maximum atomic E-state index is 11.8. The van der Waals surface area contributed by atoms with Crippen molar-refractivity contribution in [1.29, 1.82) is 0 Å². The Morgan fingerprint density at radius 1 is 1.20 bits per heavy atom. The molecule has 0 saturated heterocycles. The molecule has 0 fully saturated rings. The van der Waals surface area contributed by atoms with Crippen molar-refractivity contribution in [3.05, 3.63) is 47.5 Å². The van der Waals surface area contributed by atoms with E-state index in [-0.39, 0.29) is 12.1 Å². The average molecular weight is 339 g/mol. The number of imidazole rings is 1. The van der Waals surface area contributed by atoms with Crippen LogP contribution in [0.1, 0.15) is 29.8 Å². The summed E-state index contributed by atoms with van der Waals surface area (Å²) >= 11 is 0. The molecule has 2 aromatic carbocycles. The molecule has 0 unspecified atom stereocenters. The Bertz CT molecular complexity index is 898. The number of methoxy groups -OCH3 is 1. The van der Waals surface area contributed by atoms with Gasteiger partial charge in [0.25, 0.3) is 0 Å². The molecule has 1 heterocycles. The maximum absolute atomic E-state index is 11.8. The lowest BCUT2D eigenvalue weighted by Gasteiger charge is -2.10. The van der Waals surface area contributed by atoms with Crippen LogP contribution in [0, 0.1) is 6.92 Å². The van der Waals surface area contributed by atoms with Crippen molar-refractivity contribution in [2.24, 2.45) is 0 Å². The summed E-state index contributed by atoms with van der Waals surface area (Å²) < 4.78 is 10.4. The molecule has 25 heavy (non-hydrogen) atoms. The van der Waals surface area contributed by atoms with Gasteiger partial charge in [-0.25, -0.2) is 9.78 Å². The van der Waals surface area contributed by atoms with E-state index >= 15 is 0 Å². The third-order valence-corrected chi connectivity index (χ3v) is 3.72. The van der Waals surface area contributed by atoms with Gasteiger partial charge in [0.15, 0.2) is 0 Å². The van der Waals surface area contributed by atoms with Crippen LogP contribution in [0.4, 0.5) is 11.6 Å². The molecule has 130 valence electrons. The summed E-state index contributed by atoms with van der Waals surface area (Å²) in [7, 11) is 1.37. The summed E-state index contributed by atoms with van der Waals surface area (Å²) in [5, 5.41) is 3.22. The van der Waals surface area contributed by atoms with Gasteiger partial charge in [-0.3, -0.25) is 0 Å². The molecule has 6 heteroatoms. The van der Waals surface area contributed by atoms with Crippen molar-refractivity contribution in [3.8, 4) is 5.75 Å². The number of carbonyl (C=O) groups excluding carboxylic acids is 1. The first-order valence-corrected chi connectivity index (χ1v) is 8.08. The number of aromatic nitrogens is 2. The van der Waals surface area contributed by atoms with Crippen molar-refractivity contribution in [1.82, 2.24) is 9.97 Å². The highest BCUT2D eigenvalue weighted by molar-refractivity contribution is 5.95. The summed E-state index contributed by atoms with van der Waals surface area (Å²) in [4.78, 5) is 19.5. The fourth-order valence-electron chi connectivity index (χ4n) is 2.58. The number of esters is 1. The molecule has 0 saturated carbocycles. The van der Waals surface area contributed by atoms with Gasteiger partial charge in [-0.2, -0.15) is 0 Å². The number of carbonyl (C=O) groups is 1. The second kappa shape index (κ2) is 6.84. The molecule has 0 amide bonds. The zero-order valence-electron chi connectivity index (χ0n) is 14.7. The summed E-state index contributed by atoms with van der Waals surface area (Å²) in [6, 6.07) is 11.3. The molecule has 0 spiro atoms. The molecule has 3 rings (SSSR count). The van der Waals surface area contributed by atoms with Crippen molar-refractivity contribution in [2.45, 2.75) is 26.9 Å². The highest BCUT2D eigenvalue weighted by Gasteiger charge is 2.13. The van der Waals surface area contributed by atoms with Crippen molar-refractivity contribution in [3.63, 3.8) is 0 Å². The van der Waals surface area contributed by atoms with Gasteiger partial charge in [-0.1, -0.05) is 0 Å². The summed E-state index contributed by atoms with van der Waals surface area (Å²) in [6.07, 6.45) is 0.140. The lowest BCUT2D eigenvalue weighted by Crippen LogP contribution is -2.05. The quantitative estimate of drug-likeness (QED) is 0.682. The highest BCUT2D eigenvalue weighted by Crippen LogP contribution is 2.23. The Morgan fingerprint density at radius 3 is 2.56 bits per heavy atom. The smallest absolute Gasteiger partial charge is 0.338 e. The van der Waals surface area contributed by atoms with Gasteiger partial charge in [0, 0.05) is 5.69 Å². The Hall–Kier alpha value is -3.02. The van der Waals surface area contributed by atoms with Crippen LogP contribution in [0.2, 0.25) is 0 Å². The molecular weight excluding hydrogens is 318 g/mol. The molecule has 0 radical (unpaired) electrons. The monoisotopic (exact) mass is 339 g/mol. The topological polar surface area (TPSA) is 76.2 Å². The lowest BCUT2D eigenvalue weighted by molar-refractivity contribution is 0.0600. The second-order valence-corrected chi connectivity index (χ2v) is 6.08. The predicted octanol–water partition coefficient (Wildman–Crippen LogP) is 4.19. The zero-order chi connectivity index (χ0) is 18.0. The number of hydrogen-bond donors (Lipinski definition) is 2. The van der Waals surface area contributed by atoms with E-state index in [1.165, 1.54) is 7.11 Å². The molecule has 0 aliphatic carbocycles. The minimum atomic E-state index is -0.363. The van der Waals surface area contributed by atoms with Crippen LogP contribution in [0.15, 0.2) is 36.4 Å². The van der Waals surface area contributed by atoms with Crippen molar-refractivity contribution >= 4 is 28.6 Å². The van der Waals surface area contributed by atoms with E-state index in [0.29, 0.717) is 17.0 Å². The van der Waals surface area contributed by atoms with Gasteiger partial charge in [-0.15, -0.1) is 0 Å². The number of aromatic amines is 1. The van der Waals surface area contributed by atoms with E-state index < -0.39 is 0 Å². The SMILES string of the molecule is COC(=O)c1cc2nc(Nc3ccc(OC(C)C)cc3)[nH]c2cc1C. The fraction of sp³-hybridized carbons (Fsp3) is 0.263.